The van der Waals surface area contributed by atoms with E-state index in [0.29, 0.717) is 30.1 Å². The summed E-state index contributed by atoms with van der Waals surface area (Å²) in [5.74, 6) is -0.0470. The van der Waals surface area contributed by atoms with Crippen molar-refractivity contribution in [1.29, 1.82) is 0 Å². The standard InChI is InChI=1S/C20H19N3O4/c24-18-12-27-17-7-6-14(10-15(17)22-18)21-16-11-19(25)23(20(16)26)9-8-13-4-2-1-3-5-13/h1-7,10,16,21H,8-9,11-12H2,(H,22,24)/t16-/m1/s1. The van der Waals surface area contributed by atoms with Gasteiger partial charge in [-0.1, -0.05) is 30.3 Å². The molecule has 2 N–H and O–H groups in total. The Morgan fingerprint density at radius 2 is 1.93 bits per heavy atom. The Morgan fingerprint density at radius 3 is 2.74 bits per heavy atom. The lowest BCUT2D eigenvalue weighted by molar-refractivity contribution is -0.138. The van der Waals surface area contributed by atoms with Crippen LogP contribution < -0.4 is 15.4 Å². The first-order chi connectivity index (χ1) is 13.1. The third kappa shape index (κ3) is 3.62. The van der Waals surface area contributed by atoms with Gasteiger partial charge in [0.25, 0.3) is 11.8 Å². The lowest BCUT2D eigenvalue weighted by Crippen LogP contribution is -2.36. The fraction of sp³-hybridized carbons (Fsp3) is 0.250. The summed E-state index contributed by atoms with van der Waals surface area (Å²) in [7, 11) is 0. The Labute approximate surface area is 156 Å². The Hall–Kier alpha value is -3.35. The minimum absolute atomic E-state index is 0.00817. The number of carbonyl (C=O) groups is 3. The second-order valence-electron chi connectivity index (χ2n) is 6.57. The van der Waals surface area contributed by atoms with E-state index in [0.717, 1.165) is 5.56 Å². The summed E-state index contributed by atoms with van der Waals surface area (Å²) in [4.78, 5) is 37.7. The second-order valence-corrected chi connectivity index (χ2v) is 6.57. The zero-order chi connectivity index (χ0) is 18.8. The molecule has 27 heavy (non-hydrogen) atoms. The van der Waals surface area contributed by atoms with Gasteiger partial charge in [-0.05, 0) is 30.2 Å². The van der Waals surface area contributed by atoms with Crippen molar-refractivity contribution in [3.8, 4) is 5.75 Å². The third-order valence-corrected chi connectivity index (χ3v) is 4.66. The summed E-state index contributed by atoms with van der Waals surface area (Å²) in [6, 6.07) is 14.4. The molecule has 7 nitrogen and oxygen atoms in total. The SMILES string of the molecule is O=C1COc2ccc(N[C@@H]3CC(=O)N(CCc4ccccc4)C3=O)cc2N1. The van der Waals surface area contributed by atoms with Crippen LogP contribution in [0.1, 0.15) is 12.0 Å². The van der Waals surface area contributed by atoms with Crippen LogP contribution in [0.3, 0.4) is 0 Å². The van der Waals surface area contributed by atoms with Crippen LogP contribution in [-0.2, 0) is 20.8 Å². The maximum atomic E-state index is 12.6. The topological polar surface area (TPSA) is 87.7 Å². The minimum Gasteiger partial charge on any atom is -0.482 e. The molecular weight excluding hydrogens is 346 g/mol. The molecule has 0 bridgehead atoms. The number of imide groups is 1. The van der Waals surface area contributed by atoms with Gasteiger partial charge in [-0.15, -0.1) is 0 Å². The number of hydrogen-bond acceptors (Lipinski definition) is 5. The fourth-order valence-electron chi connectivity index (χ4n) is 3.29. The molecule has 0 spiro atoms. The molecule has 0 aliphatic carbocycles. The Balaban J connectivity index is 1.41. The maximum absolute atomic E-state index is 12.6. The van der Waals surface area contributed by atoms with Gasteiger partial charge in [-0.25, -0.2) is 0 Å². The number of benzene rings is 2. The molecule has 138 valence electrons. The molecular formula is C20H19N3O4. The number of rotatable bonds is 5. The van der Waals surface area contributed by atoms with Crippen LogP contribution in [0, 0.1) is 0 Å². The van der Waals surface area contributed by atoms with Gasteiger partial charge in [0, 0.05) is 12.2 Å². The molecule has 3 amide bonds. The molecule has 0 unspecified atom stereocenters. The molecule has 1 saturated heterocycles. The number of carbonyl (C=O) groups excluding carboxylic acids is 3. The van der Waals surface area contributed by atoms with Crippen LogP contribution in [0.4, 0.5) is 11.4 Å². The molecule has 1 fully saturated rings. The van der Waals surface area contributed by atoms with Gasteiger partial charge in [0.05, 0.1) is 12.1 Å². The highest BCUT2D eigenvalue weighted by molar-refractivity contribution is 6.07. The number of likely N-dealkylation sites (tertiary alicyclic amines) is 1. The van der Waals surface area contributed by atoms with Crippen molar-refractivity contribution in [2.24, 2.45) is 0 Å². The van der Waals surface area contributed by atoms with Gasteiger partial charge in [0.15, 0.2) is 6.61 Å². The van der Waals surface area contributed by atoms with Crippen molar-refractivity contribution in [2.75, 3.05) is 23.8 Å². The van der Waals surface area contributed by atoms with Crippen molar-refractivity contribution in [3.63, 3.8) is 0 Å². The van der Waals surface area contributed by atoms with Gasteiger partial charge in [-0.3, -0.25) is 19.3 Å². The Kier molecular flexibility index (Phi) is 4.50. The molecule has 0 aromatic heterocycles. The van der Waals surface area contributed by atoms with Gasteiger partial charge in [0.2, 0.25) is 5.91 Å². The number of nitrogens with one attached hydrogen (secondary N) is 2. The largest absolute Gasteiger partial charge is 0.482 e. The van der Waals surface area contributed by atoms with E-state index >= 15 is 0 Å². The molecule has 2 aromatic rings. The highest BCUT2D eigenvalue weighted by Crippen LogP contribution is 2.31. The van der Waals surface area contributed by atoms with Crippen LogP contribution in [0.5, 0.6) is 5.75 Å². The average molecular weight is 365 g/mol. The number of anilines is 2. The van der Waals surface area contributed by atoms with Crippen molar-refractivity contribution in [1.82, 2.24) is 4.90 Å². The summed E-state index contributed by atoms with van der Waals surface area (Å²) >= 11 is 0. The van der Waals surface area contributed by atoms with E-state index in [1.165, 1.54) is 4.90 Å². The highest BCUT2D eigenvalue weighted by Gasteiger charge is 2.38. The highest BCUT2D eigenvalue weighted by atomic mass is 16.5. The molecule has 4 rings (SSSR count). The van der Waals surface area contributed by atoms with E-state index < -0.39 is 6.04 Å². The van der Waals surface area contributed by atoms with Gasteiger partial charge in [0.1, 0.15) is 11.8 Å². The quantitative estimate of drug-likeness (QED) is 0.789. The van der Waals surface area contributed by atoms with Crippen LogP contribution >= 0.6 is 0 Å². The number of amides is 3. The molecule has 0 radical (unpaired) electrons. The first-order valence-electron chi connectivity index (χ1n) is 8.81. The monoisotopic (exact) mass is 365 g/mol. The zero-order valence-electron chi connectivity index (χ0n) is 14.6. The molecule has 2 heterocycles. The van der Waals surface area contributed by atoms with Crippen molar-refractivity contribution < 1.29 is 19.1 Å². The third-order valence-electron chi connectivity index (χ3n) is 4.66. The van der Waals surface area contributed by atoms with Crippen LogP contribution in [-0.4, -0.2) is 41.8 Å². The minimum atomic E-state index is -0.605. The lowest BCUT2D eigenvalue weighted by Gasteiger charge is -2.20. The molecule has 2 aromatic carbocycles. The van der Waals surface area contributed by atoms with Crippen molar-refractivity contribution >= 4 is 29.1 Å². The van der Waals surface area contributed by atoms with Gasteiger partial charge < -0.3 is 15.4 Å². The van der Waals surface area contributed by atoms with E-state index in [1.54, 1.807) is 18.2 Å². The van der Waals surface area contributed by atoms with Crippen molar-refractivity contribution in [2.45, 2.75) is 18.9 Å². The van der Waals surface area contributed by atoms with E-state index in [2.05, 4.69) is 10.6 Å². The van der Waals surface area contributed by atoms with Gasteiger partial charge >= 0.3 is 0 Å². The van der Waals surface area contributed by atoms with E-state index in [9.17, 15) is 14.4 Å². The van der Waals surface area contributed by atoms with Crippen molar-refractivity contribution in [3.05, 3.63) is 54.1 Å². The molecule has 2 aliphatic heterocycles. The molecule has 0 saturated carbocycles. The molecule has 2 aliphatic rings. The predicted octanol–water partition coefficient (Wildman–Crippen LogP) is 1.80. The summed E-state index contributed by atoms with van der Waals surface area (Å²) in [5, 5.41) is 5.82. The van der Waals surface area contributed by atoms with Crippen LogP contribution in [0.25, 0.3) is 0 Å². The first kappa shape index (κ1) is 17.1. The Morgan fingerprint density at radius 1 is 1.11 bits per heavy atom. The lowest BCUT2D eigenvalue weighted by atomic mass is 10.1. The normalized spacial score (nSPS) is 18.7. The van der Waals surface area contributed by atoms with E-state index in [1.807, 2.05) is 30.3 Å². The van der Waals surface area contributed by atoms with Crippen LogP contribution in [0.15, 0.2) is 48.5 Å². The van der Waals surface area contributed by atoms with Gasteiger partial charge in [-0.2, -0.15) is 0 Å². The molecule has 1 atom stereocenters. The number of hydrogen-bond donors (Lipinski definition) is 2. The second kappa shape index (κ2) is 7.11. The average Bonchev–Trinajstić information content (AvgIpc) is 2.93. The number of ether oxygens (including phenoxy) is 1. The predicted molar refractivity (Wildman–Crippen MR) is 99.5 cm³/mol. The van der Waals surface area contributed by atoms with E-state index in [4.69, 9.17) is 4.74 Å². The van der Waals surface area contributed by atoms with Crippen LogP contribution in [0.2, 0.25) is 0 Å². The summed E-state index contributed by atoms with van der Waals surface area (Å²) in [6.07, 6.45) is 0.751. The summed E-state index contributed by atoms with van der Waals surface area (Å²) < 4.78 is 5.32. The van der Waals surface area contributed by atoms with E-state index in [-0.39, 0.29) is 30.7 Å². The number of fused-ring (bicyclic) bond motifs is 1. The maximum Gasteiger partial charge on any atom is 0.262 e. The summed E-state index contributed by atoms with van der Waals surface area (Å²) in [6.45, 7) is 0.361. The first-order valence-corrected chi connectivity index (χ1v) is 8.81. The fourth-order valence-corrected chi connectivity index (χ4v) is 3.29. The summed E-state index contributed by atoms with van der Waals surface area (Å²) in [5.41, 5.74) is 2.28. The molecule has 7 heteroatoms. The number of nitrogens with zero attached hydrogens (tertiary/aromatic N) is 1. The zero-order valence-corrected chi connectivity index (χ0v) is 14.6. The smallest absolute Gasteiger partial charge is 0.262 e. The Bertz CT molecular complexity index is 897.